The molecule has 0 aliphatic heterocycles. The third-order valence-corrected chi connectivity index (χ3v) is 3.40. The second-order valence-corrected chi connectivity index (χ2v) is 5.38. The summed E-state index contributed by atoms with van der Waals surface area (Å²) in [6.45, 7) is 4.83. The highest BCUT2D eigenvalue weighted by Gasteiger charge is 2.29. The van der Waals surface area contributed by atoms with Crippen molar-refractivity contribution in [3.63, 3.8) is 0 Å². The molecule has 19 heavy (non-hydrogen) atoms. The van der Waals surface area contributed by atoms with Gasteiger partial charge in [0.15, 0.2) is 0 Å². The van der Waals surface area contributed by atoms with Crippen molar-refractivity contribution in [3.8, 4) is 0 Å². The largest absolute Gasteiger partial charge is 0.469 e. The average molecular weight is 260 g/mol. The van der Waals surface area contributed by atoms with Gasteiger partial charge in [0.1, 0.15) is 0 Å². The van der Waals surface area contributed by atoms with E-state index in [2.05, 4.69) is 10.6 Å². The number of para-hydroxylation sites is 1. The van der Waals surface area contributed by atoms with Gasteiger partial charge in [-0.25, -0.2) is 0 Å². The van der Waals surface area contributed by atoms with Crippen LogP contribution in [0.3, 0.4) is 0 Å². The zero-order chi connectivity index (χ0) is 14.0. The van der Waals surface area contributed by atoms with Crippen LogP contribution in [0.4, 0.5) is 0 Å². The lowest BCUT2D eigenvalue weighted by Gasteiger charge is -2.23. The lowest BCUT2D eigenvalue weighted by molar-refractivity contribution is -0.151. The van der Waals surface area contributed by atoms with E-state index in [0.29, 0.717) is 13.1 Å². The highest BCUT2D eigenvalue weighted by Crippen LogP contribution is 2.26. The van der Waals surface area contributed by atoms with Gasteiger partial charge in [0.25, 0.3) is 0 Å². The molecule has 1 heterocycles. The van der Waals surface area contributed by atoms with E-state index < -0.39 is 5.41 Å². The quantitative estimate of drug-likeness (QED) is 0.858. The zero-order valence-corrected chi connectivity index (χ0v) is 11.6. The lowest BCUT2D eigenvalue weighted by Crippen LogP contribution is -2.30. The second kappa shape index (κ2) is 5.05. The Kier molecular flexibility index (Phi) is 3.62. The molecule has 102 valence electrons. The van der Waals surface area contributed by atoms with Gasteiger partial charge in [-0.15, -0.1) is 0 Å². The number of benzene rings is 1. The summed E-state index contributed by atoms with van der Waals surface area (Å²) in [5.74, 6) is -0.209. The molecule has 0 aliphatic carbocycles. The fourth-order valence-corrected chi connectivity index (χ4v) is 2.40. The molecule has 0 unspecified atom stereocenters. The van der Waals surface area contributed by atoms with E-state index in [1.807, 2.05) is 38.2 Å². The molecule has 2 rings (SSSR count). The van der Waals surface area contributed by atoms with Gasteiger partial charge in [-0.2, -0.15) is 0 Å². The van der Waals surface area contributed by atoms with E-state index >= 15 is 0 Å². The van der Waals surface area contributed by atoms with E-state index in [-0.39, 0.29) is 5.97 Å². The lowest BCUT2D eigenvalue weighted by atomic mass is 9.93. The third-order valence-electron chi connectivity index (χ3n) is 3.40. The molecule has 4 heteroatoms. The van der Waals surface area contributed by atoms with E-state index in [9.17, 15) is 4.79 Å². The van der Waals surface area contributed by atoms with Gasteiger partial charge in [0.2, 0.25) is 0 Å². The summed E-state index contributed by atoms with van der Waals surface area (Å²) < 4.78 is 6.93. The van der Waals surface area contributed by atoms with Crippen molar-refractivity contribution in [3.05, 3.63) is 36.0 Å². The fraction of sp³-hybridized carbons (Fsp3) is 0.400. The molecular formula is C15H20N2O2. The van der Waals surface area contributed by atoms with E-state index in [1.165, 1.54) is 7.11 Å². The number of carbonyl (C=O) groups is 1. The molecule has 0 saturated carbocycles. The Morgan fingerprint density at radius 3 is 2.74 bits per heavy atom. The summed E-state index contributed by atoms with van der Waals surface area (Å²) in [6.07, 6.45) is 1.99. The molecule has 2 aromatic rings. The first-order valence-corrected chi connectivity index (χ1v) is 6.35. The minimum absolute atomic E-state index is 0.209. The van der Waals surface area contributed by atoms with Gasteiger partial charge >= 0.3 is 5.97 Å². The summed E-state index contributed by atoms with van der Waals surface area (Å²) in [6, 6.07) is 8.11. The van der Waals surface area contributed by atoms with Crippen LogP contribution < -0.4 is 5.73 Å². The third kappa shape index (κ3) is 2.49. The first-order valence-electron chi connectivity index (χ1n) is 6.35. The first kappa shape index (κ1) is 13.6. The zero-order valence-electron chi connectivity index (χ0n) is 11.6. The van der Waals surface area contributed by atoms with Crippen LogP contribution in [0.1, 0.15) is 19.4 Å². The summed E-state index contributed by atoms with van der Waals surface area (Å²) in [4.78, 5) is 11.8. The Balaban J connectivity index is 2.44. The van der Waals surface area contributed by atoms with Crippen molar-refractivity contribution < 1.29 is 9.53 Å². The number of methoxy groups -OCH3 is 1. The van der Waals surface area contributed by atoms with Crippen molar-refractivity contribution in [2.45, 2.75) is 26.9 Å². The Morgan fingerprint density at radius 1 is 1.37 bits per heavy atom. The topological polar surface area (TPSA) is 57.2 Å². The number of hydrogen-bond donors (Lipinski definition) is 1. The molecular weight excluding hydrogens is 240 g/mol. The smallest absolute Gasteiger partial charge is 0.313 e. The molecule has 0 saturated heterocycles. The molecule has 0 spiro atoms. The van der Waals surface area contributed by atoms with Crippen molar-refractivity contribution in [2.75, 3.05) is 7.11 Å². The number of esters is 1. The van der Waals surface area contributed by atoms with Crippen LogP contribution in [0.2, 0.25) is 0 Å². The van der Waals surface area contributed by atoms with Gasteiger partial charge in [-0.1, -0.05) is 18.2 Å². The predicted octanol–water partition coefficient (Wildman–Crippen LogP) is 2.30. The van der Waals surface area contributed by atoms with Crippen molar-refractivity contribution in [1.29, 1.82) is 0 Å². The molecule has 0 aliphatic rings. The van der Waals surface area contributed by atoms with Crippen LogP contribution in [-0.2, 0) is 22.6 Å². The Bertz CT molecular complexity index is 599. The first-order chi connectivity index (χ1) is 8.99. The van der Waals surface area contributed by atoms with Crippen LogP contribution in [-0.4, -0.2) is 17.6 Å². The predicted molar refractivity (Wildman–Crippen MR) is 75.6 cm³/mol. The number of hydrogen-bond acceptors (Lipinski definition) is 3. The molecule has 0 fully saturated rings. The number of rotatable bonds is 4. The minimum Gasteiger partial charge on any atom is -0.469 e. The van der Waals surface area contributed by atoms with E-state index in [0.717, 1.165) is 16.5 Å². The van der Waals surface area contributed by atoms with Gasteiger partial charge in [-0.05, 0) is 30.9 Å². The maximum Gasteiger partial charge on any atom is 0.313 e. The maximum atomic E-state index is 11.8. The van der Waals surface area contributed by atoms with Gasteiger partial charge in [0.05, 0.1) is 18.0 Å². The highest BCUT2D eigenvalue weighted by atomic mass is 16.5. The number of carbonyl (C=O) groups excluding carboxylic acids is 1. The molecule has 2 N–H and O–H groups in total. The Morgan fingerprint density at radius 2 is 2.11 bits per heavy atom. The molecule has 0 atom stereocenters. The Hall–Kier alpha value is -1.81. The molecule has 0 amide bonds. The number of ether oxygens (including phenoxy) is 1. The van der Waals surface area contributed by atoms with Crippen molar-refractivity contribution >= 4 is 16.9 Å². The average Bonchev–Trinajstić information content (AvgIpc) is 2.80. The highest BCUT2D eigenvalue weighted by molar-refractivity contribution is 5.84. The SMILES string of the molecule is COC(=O)C(C)(C)Cn1ccc2cccc(CN)c21. The van der Waals surface area contributed by atoms with Crippen molar-refractivity contribution in [2.24, 2.45) is 11.1 Å². The fourth-order valence-electron chi connectivity index (χ4n) is 2.40. The Labute approximate surface area is 113 Å². The van der Waals surface area contributed by atoms with Crippen LogP contribution in [0, 0.1) is 5.41 Å². The van der Waals surface area contributed by atoms with Gasteiger partial charge in [-0.3, -0.25) is 4.79 Å². The van der Waals surface area contributed by atoms with Crippen LogP contribution in [0.25, 0.3) is 10.9 Å². The minimum atomic E-state index is -0.567. The van der Waals surface area contributed by atoms with E-state index in [1.54, 1.807) is 0 Å². The van der Waals surface area contributed by atoms with Gasteiger partial charge in [0, 0.05) is 19.3 Å². The molecule has 0 radical (unpaired) electrons. The molecule has 1 aromatic carbocycles. The summed E-state index contributed by atoms with van der Waals surface area (Å²) >= 11 is 0. The number of nitrogens with two attached hydrogens (primary N) is 1. The molecule has 4 nitrogen and oxygen atoms in total. The molecule has 0 bridgehead atoms. The maximum absolute atomic E-state index is 11.8. The second-order valence-electron chi connectivity index (χ2n) is 5.38. The van der Waals surface area contributed by atoms with Gasteiger partial charge < -0.3 is 15.0 Å². The van der Waals surface area contributed by atoms with E-state index in [4.69, 9.17) is 10.5 Å². The van der Waals surface area contributed by atoms with Crippen LogP contribution in [0.15, 0.2) is 30.5 Å². The normalized spacial score (nSPS) is 11.8. The standard InChI is InChI=1S/C15H20N2O2/c1-15(2,14(18)19-3)10-17-8-7-11-5-4-6-12(9-16)13(11)17/h4-8H,9-10,16H2,1-3H3. The number of fused-ring (bicyclic) bond motifs is 1. The van der Waals surface area contributed by atoms with Crippen LogP contribution in [0.5, 0.6) is 0 Å². The van der Waals surface area contributed by atoms with Crippen molar-refractivity contribution in [1.82, 2.24) is 4.57 Å². The monoisotopic (exact) mass is 260 g/mol. The summed E-state index contributed by atoms with van der Waals surface area (Å²) in [5, 5.41) is 1.14. The summed E-state index contributed by atoms with van der Waals surface area (Å²) in [7, 11) is 1.42. The van der Waals surface area contributed by atoms with Crippen LogP contribution >= 0.6 is 0 Å². The number of nitrogens with zero attached hydrogens (tertiary/aromatic N) is 1. The molecule has 1 aromatic heterocycles. The summed E-state index contributed by atoms with van der Waals surface area (Å²) in [5.41, 5.74) is 7.41. The number of aromatic nitrogens is 1.